The summed E-state index contributed by atoms with van der Waals surface area (Å²) in [5.74, 6) is 0. The highest BCUT2D eigenvalue weighted by Crippen LogP contribution is 2.20. The van der Waals surface area contributed by atoms with Crippen LogP contribution in [0.2, 0.25) is 0 Å². The number of nitriles is 3. The average Bonchev–Trinajstić information content (AvgIpc) is 2.90. The molecule has 1 aromatic carbocycles. The Labute approximate surface area is 120 Å². The molecule has 7 heteroatoms. The van der Waals surface area contributed by atoms with E-state index in [9.17, 15) is 0 Å². The lowest BCUT2D eigenvalue weighted by Crippen LogP contribution is -2.03. The minimum absolute atomic E-state index is 0.00814. The fourth-order valence-corrected chi connectivity index (χ4v) is 1.87. The van der Waals surface area contributed by atoms with Gasteiger partial charge in [-0.1, -0.05) is 0 Å². The quantitative estimate of drug-likeness (QED) is 0.812. The Morgan fingerprint density at radius 3 is 2.62 bits per heavy atom. The van der Waals surface area contributed by atoms with Crippen molar-refractivity contribution in [2.75, 3.05) is 11.9 Å². The molecule has 2 N–H and O–H groups in total. The van der Waals surface area contributed by atoms with Crippen LogP contribution in [0, 0.1) is 34.0 Å². The largest absolute Gasteiger partial charge is 0.394 e. The predicted molar refractivity (Wildman–Crippen MR) is 74.3 cm³/mol. The van der Waals surface area contributed by atoms with Crippen LogP contribution in [0.25, 0.3) is 10.9 Å². The van der Waals surface area contributed by atoms with E-state index in [0.29, 0.717) is 12.2 Å². The molecule has 21 heavy (non-hydrogen) atoms. The zero-order valence-electron chi connectivity index (χ0n) is 10.9. The molecule has 0 spiro atoms. The molecule has 0 aliphatic carbocycles. The smallest absolute Gasteiger partial charge is 0.163 e. The minimum Gasteiger partial charge on any atom is -0.394 e. The second-order valence-corrected chi connectivity index (χ2v) is 4.08. The highest BCUT2D eigenvalue weighted by Gasteiger charge is 2.08. The summed E-state index contributed by atoms with van der Waals surface area (Å²) >= 11 is 0. The Morgan fingerprint density at radius 2 is 2.00 bits per heavy atom. The number of nitrogens with one attached hydrogen (secondary N) is 1. The number of aliphatic hydroxyl groups excluding tert-OH is 1. The van der Waals surface area contributed by atoms with Gasteiger partial charge < -0.3 is 10.4 Å². The molecular weight excluding hydrogens is 268 g/mol. The molecule has 0 aliphatic heterocycles. The van der Waals surface area contributed by atoms with Gasteiger partial charge in [-0.15, -0.1) is 0 Å². The lowest BCUT2D eigenvalue weighted by atomic mass is 10.2. The number of nitrogens with zero attached hydrogens (tertiary/aromatic N) is 5. The number of rotatable bonds is 4. The van der Waals surface area contributed by atoms with Crippen LogP contribution in [0.3, 0.4) is 0 Å². The van der Waals surface area contributed by atoms with E-state index in [1.54, 1.807) is 47.3 Å². The van der Waals surface area contributed by atoms with Crippen molar-refractivity contribution < 1.29 is 5.11 Å². The number of hydrogen-bond acceptors (Lipinski definition) is 6. The maximum atomic E-state index is 8.99. The maximum Gasteiger partial charge on any atom is 0.163 e. The summed E-state index contributed by atoms with van der Waals surface area (Å²) < 4.78 is 1.66. The fraction of sp³-hybridized carbons (Fsp3) is 0.143. The first-order valence-electron chi connectivity index (χ1n) is 6.01. The van der Waals surface area contributed by atoms with Gasteiger partial charge in [-0.3, -0.25) is 4.68 Å². The van der Waals surface area contributed by atoms with Crippen molar-refractivity contribution >= 4 is 16.6 Å². The van der Waals surface area contributed by atoms with Gasteiger partial charge in [0.05, 0.1) is 24.9 Å². The van der Waals surface area contributed by atoms with Crippen LogP contribution in [0.1, 0.15) is 0 Å². The monoisotopic (exact) mass is 278 g/mol. The first-order valence-corrected chi connectivity index (χ1v) is 6.01. The van der Waals surface area contributed by atoms with Gasteiger partial charge in [0.1, 0.15) is 23.9 Å². The molecular formula is C14H10N6O. The van der Waals surface area contributed by atoms with Gasteiger partial charge in [-0.25, -0.2) is 0 Å². The summed E-state index contributed by atoms with van der Waals surface area (Å²) in [5, 5.41) is 43.2. The summed E-state index contributed by atoms with van der Waals surface area (Å²) in [5.41, 5.74) is 1.05. The molecule has 0 unspecified atom stereocenters. The molecule has 102 valence electrons. The molecule has 0 radical (unpaired) electrons. The molecule has 0 amide bonds. The van der Waals surface area contributed by atoms with E-state index in [1.165, 1.54) is 0 Å². The SMILES string of the molecule is N#CC(C#N)=C(C#N)Nc1ccc2c(cnn2CCO)c1. The number of hydrogen-bond donors (Lipinski definition) is 2. The third kappa shape index (κ3) is 2.82. The topological polar surface area (TPSA) is 121 Å². The van der Waals surface area contributed by atoms with Crippen molar-refractivity contribution in [3.8, 4) is 18.2 Å². The molecule has 0 aliphatic rings. The van der Waals surface area contributed by atoms with E-state index in [4.69, 9.17) is 20.9 Å². The number of benzene rings is 1. The fourth-order valence-electron chi connectivity index (χ4n) is 1.87. The summed E-state index contributed by atoms with van der Waals surface area (Å²) in [6.07, 6.45) is 1.64. The van der Waals surface area contributed by atoms with Crippen LogP contribution in [0.5, 0.6) is 0 Å². The number of fused-ring (bicyclic) bond motifs is 1. The van der Waals surface area contributed by atoms with E-state index >= 15 is 0 Å². The Balaban J connectivity index is 2.37. The molecule has 0 saturated carbocycles. The van der Waals surface area contributed by atoms with Crippen molar-refractivity contribution in [2.45, 2.75) is 6.54 Å². The van der Waals surface area contributed by atoms with Crippen molar-refractivity contribution in [1.82, 2.24) is 9.78 Å². The lowest BCUT2D eigenvalue weighted by Gasteiger charge is -2.05. The van der Waals surface area contributed by atoms with Crippen LogP contribution in [0.4, 0.5) is 5.69 Å². The zero-order valence-corrected chi connectivity index (χ0v) is 10.9. The molecule has 2 rings (SSSR count). The molecule has 0 fully saturated rings. The summed E-state index contributed by atoms with van der Waals surface area (Å²) in [4.78, 5) is 0. The van der Waals surface area contributed by atoms with Crippen LogP contribution in [-0.2, 0) is 6.54 Å². The third-order valence-corrected chi connectivity index (χ3v) is 2.81. The van der Waals surface area contributed by atoms with Gasteiger partial charge in [0.15, 0.2) is 5.57 Å². The molecule has 1 aromatic heterocycles. The number of aliphatic hydroxyl groups is 1. The maximum absolute atomic E-state index is 8.99. The highest BCUT2D eigenvalue weighted by atomic mass is 16.3. The first kappa shape index (κ1) is 14.1. The van der Waals surface area contributed by atoms with Crippen LogP contribution in [0.15, 0.2) is 35.7 Å². The Kier molecular flexibility index (Phi) is 4.16. The third-order valence-electron chi connectivity index (χ3n) is 2.81. The van der Waals surface area contributed by atoms with Crippen LogP contribution in [-0.4, -0.2) is 21.5 Å². The summed E-state index contributed by atoms with van der Waals surface area (Å²) in [6, 6.07) is 10.4. The lowest BCUT2D eigenvalue weighted by molar-refractivity contribution is 0.271. The van der Waals surface area contributed by atoms with Crippen molar-refractivity contribution in [2.24, 2.45) is 0 Å². The molecule has 0 bridgehead atoms. The second-order valence-electron chi connectivity index (χ2n) is 4.08. The molecule has 2 aromatic rings. The predicted octanol–water partition coefficient (Wildman–Crippen LogP) is 1.27. The van der Waals surface area contributed by atoms with Gasteiger partial charge >= 0.3 is 0 Å². The van der Waals surface area contributed by atoms with Gasteiger partial charge in [0, 0.05) is 11.1 Å². The van der Waals surface area contributed by atoms with E-state index in [-0.39, 0.29) is 17.9 Å². The van der Waals surface area contributed by atoms with Crippen molar-refractivity contribution in [1.29, 1.82) is 15.8 Å². The molecule has 0 saturated heterocycles. The van der Waals surface area contributed by atoms with Gasteiger partial charge in [-0.05, 0) is 18.2 Å². The summed E-state index contributed by atoms with van der Waals surface area (Å²) in [7, 11) is 0. The number of aromatic nitrogens is 2. The van der Waals surface area contributed by atoms with Gasteiger partial charge in [0.2, 0.25) is 0 Å². The van der Waals surface area contributed by atoms with Gasteiger partial charge in [0.25, 0.3) is 0 Å². The molecule has 0 atom stereocenters. The number of allylic oxidation sites excluding steroid dienone is 2. The van der Waals surface area contributed by atoms with Gasteiger partial charge in [-0.2, -0.15) is 20.9 Å². The highest BCUT2D eigenvalue weighted by molar-refractivity contribution is 5.83. The summed E-state index contributed by atoms with van der Waals surface area (Å²) in [6.45, 7) is 0.387. The Hall–Kier alpha value is -3.34. The van der Waals surface area contributed by atoms with Crippen molar-refractivity contribution in [3.05, 3.63) is 35.7 Å². The van der Waals surface area contributed by atoms with E-state index in [1.807, 2.05) is 0 Å². The van der Waals surface area contributed by atoms with E-state index < -0.39 is 0 Å². The van der Waals surface area contributed by atoms with E-state index in [2.05, 4.69) is 10.4 Å². The first-order chi connectivity index (χ1) is 10.2. The molecule has 1 heterocycles. The Morgan fingerprint density at radius 1 is 1.24 bits per heavy atom. The van der Waals surface area contributed by atoms with Crippen LogP contribution >= 0.6 is 0 Å². The second kappa shape index (κ2) is 6.21. The molecule has 7 nitrogen and oxygen atoms in total. The zero-order chi connectivity index (χ0) is 15.2. The minimum atomic E-state index is -0.270. The Bertz CT molecular complexity index is 812. The van der Waals surface area contributed by atoms with Crippen LogP contribution < -0.4 is 5.32 Å². The average molecular weight is 278 g/mol. The number of anilines is 1. The standard InChI is InChI=1S/C14H10N6O/c15-6-11(7-16)13(8-17)19-12-1-2-14-10(5-12)9-18-20(14)3-4-21/h1-2,5,9,19,21H,3-4H2. The van der Waals surface area contributed by atoms with E-state index in [0.717, 1.165) is 10.9 Å². The van der Waals surface area contributed by atoms with Crippen molar-refractivity contribution in [3.63, 3.8) is 0 Å². The normalized spacial score (nSPS) is 9.43.